The number of nitrogens with zero attached hydrogens (tertiary/aromatic N) is 2. The van der Waals surface area contributed by atoms with Gasteiger partial charge in [0.05, 0.1) is 0 Å². The van der Waals surface area contributed by atoms with Gasteiger partial charge in [0.2, 0.25) is 0 Å². The average molecular weight is 316 g/mol. The van der Waals surface area contributed by atoms with E-state index in [1.54, 1.807) is 22.7 Å². The number of aryl methyl sites for hydroxylation is 1. The second kappa shape index (κ2) is 6.13. The van der Waals surface area contributed by atoms with Gasteiger partial charge in [-0.1, -0.05) is 13.8 Å². The molecule has 1 saturated heterocycles. The van der Waals surface area contributed by atoms with Gasteiger partial charge in [0.25, 0.3) is 10.2 Å². The predicted molar refractivity (Wildman–Crippen MR) is 84.0 cm³/mol. The highest BCUT2D eigenvalue weighted by Gasteiger charge is 2.33. The Balaban J connectivity index is 2.11. The van der Waals surface area contributed by atoms with Crippen molar-refractivity contribution in [2.75, 3.05) is 20.1 Å². The van der Waals surface area contributed by atoms with E-state index in [1.807, 2.05) is 18.4 Å². The fraction of sp³-hybridized carbons (Fsp3) is 0.714. The normalized spacial score (nSPS) is 25.2. The maximum absolute atomic E-state index is 12.7. The van der Waals surface area contributed by atoms with Gasteiger partial charge < -0.3 is 0 Å². The van der Waals surface area contributed by atoms with Crippen LogP contribution in [0.3, 0.4) is 0 Å². The van der Waals surface area contributed by atoms with E-state index in [4.69, 9.17) is 0 Å². The van der Waals surface area contributed by atoms with E-state index in [-0.39, 0.29) is 0 Å². The summed E-state index contributed by atoms with van der Waals surface area (Å²) in [6, 6.07) is 2.03. The first kappa shape index (κ1) is 15.9. The lowest BCUT2D eigenvalue weighted by Gasteiger charge is -2.36. The van der Waals surface area contributed by atoms with Crippen molar-refractivity contribution in [1.82, 2.24) is 8.61 Å². The highest BCUT2D eigenvalue weighted by atomic mass is 32.2. The minimum Gasteiger partial charge on any atom is -0.195 e. The van der Waals surface area contributed by atoms with Crippen molar-refractivity contribution in [3.8, 4) is 0 Å². The monoisotopic (exact) mass is 316 g/mol. The lowest BCUT2D eigenvalue weighted by atomic mass is 9.94. The summed E-state index contributed by atoms with van der Waals surface area (Å²) in [6.45, 7) is 8.02. The molecule has 1 fully saturated rings. The number of hydrogen-bond donors (Lipinski definition) is 0. The van der Waals surface area contributed by atoms with Crippen molar-refractivity contribution in [1.29, 1.82) is 0 Å². The zero-order valence-electron chi connectivity index (χ0n) is 12.7. The van der Waals surface area contributed by atoms with Gasteiger partial charge in [-0.2, -0.15) is 17.0 Å². The van der Waals surface area contributed by atoms with Crippen LogP contribution in [0, 0.1) is 18.8 Å². The van der Waals surface area contributed by atoms with Gasteiger partial charge in [-0.05, 0) is 42.2 Å². The van der Waals surface area contributed by atoms with Crippen molar-refractivity contribution in [2.45, 2.75) is 33.7 Å². The van der Waals surface area contributed by atoms with Gasteiger partial charge in [0, 0.05) is 31.6 Å². The van der Waals surface area contributed by atoms with Gasteiger partial charge in [-0.25, -0.2) is 0 Å². The third-order valence-corrected chi connectivity index (χ3v) is 6.77. The second-order valence-electron chi connectivity index (χ2n) is 6.05. The van der Waals surface area contributed by atoms with Gasteiger partial charge in [0.15, 0.2) is 0 Å². The van der Waals surface area contributed by atoms with E-state index in [2.05, 4.69) is 13.8 Å². The van der Waals surface area contributed by atoms with Crippen LogP contribution in [-0.2, 0) is 16.8 Å². The molecule has 0 spiro atoms. The Kier molecular flexibility index (Phi) is 4.89. The van der Waals surface area contributed by atoms with E-state index in [9.17, 15) is 8.42 Å². The SMILES string of the molecule is Cc1ccsc1CN(C)S(=O)(=O)N1CC(C)CC(C)C1. The molecule has 2 rings (SSSR count). The maximum atomic E-state index is 12.7. The van der Waals surface area contributed by atoms with Crippen molar-refractivity contribution in [3.05, 3.63) is 21.9 Å². The highest BCUT2D eigenvalue weighted by molar-refractivity contribution is 7.86. The Hall–Kier alpha value is -0.430. The molecule has 0 saturated carbocycles. The fourth-order valence-electron chi connectivity index (χ4n) is 2.84. The van der Waals surface area contributed by atoms with Crippen molar-refractivity contribution in [3.63, 3.8) is 0 Å². The van der Waals surface area contributed by atoms with E-state index in [1.165, 1.54) is 4.31 Å². The summed E-state index contributed by atoms with van der Waals surface area (Å²) in [7, 11) is -1.67. The smallest absolute Gasteiger partial charge is 0.195 e. The molecule has 2 heterocycles. The van der Waals surface area contributed by atoms with Gasteiger partial charge in [0.1, 0.15) is 0 Å². The van der Waals surface area contributed by atoms with Crippen LogP contribution in [-0.4, -0.2) is 37.2 Å². The Morgan fingerprint density at radius 2 is 1.95 bits per heavy atom. The molecule has 1 aliphatic rings. The quantitative estimate of drug-likeness (QED) is 0.857. The van der Waals surface area contributed by atoms with E-state index in [0.29, 0.717) is 31.5 Å². The van der Waals surface area contributed by atoms with Crippen molar-refractivity contribution >= 4 is 21.5 Å². The van der Waals surface area contributed by atoms with Crippen LogP contribution in [0.25, 0.3) is 0 Å². The summed E-state index contributed by atoms with van der Waals surface area (Å²) in [6.07, 6.45) is 1.11. The van der Waals surface area contributed by atoms with Crippen LogP contribution in [0.4, 0.5) is 0 Å². The van der Waals surface area contributed by atoms with Crippen LogP contribution < -0.4 is 0 Å². The van der Waals surface area contributed by atoms with Crippen molar-refractivity contribution < 1.29 is 8.42 Å². The number of hydrogen-bond acceptors (Lipinski definition) is 3. The molecule has 0 radical (unpaired) electrons. The Labute approximate surface area is 126 Å². The molecule has 6 heteroatoms. The highest BCUT2D eigenvalue weighted by Crippen LogP contribution is 2.26. The van der Waals surface area contributed by atoms with E-state index >= 15 is 0 Å². The molecule has 0 N–H and O–H groups in total. The van der Waals surface area contributed by atoms with E-state index < -0.39 is 10.2 Å². The molecular formula is C14H24N2O2S2. The van der Waals surface area contributed by atoms with E-state index in [0.717, 1.165) is 16.9 Å². The Bertz CT molecular complexity index is 543. The summed E-state index contributed by atoms with van der Waals surface area (Å²) in [5.74, 6) is 0.871. The van der Waals surface area contributed by atoms with Gasteiger partial charge >= 0.3 is 0 Å². The minimum atomic E-state index is -3.35. The lowest BCUT2D eigenvalue weighted by Crippen LogP contribution is -2.48. The molecule has 4 nitrogen and oxygen atoms in total. The first-order valence-corrected chi connectivity index (χ1v) is 9.32. The molecular weight excluding hydrogens is 292 g/mol. The molecule has 2 atom stereocenters. The summed E-state index contributed by atoms with van der Waals surface area (Å²) in [5.41, 5.74) is 1.16. The zero-order chi connectivity index (χ0) is 14.9. The third-order valence-electron chi connectivity index (χ3n) is 3.89. The maximum Gasteiger partial charge on any atom is 0.282 e. The van der Waals surface area contributed by atoms with Crippen LogP contribution >= 0.6 is 11.3 Å². The van der Waals surface area contributed by atoms with Crippen LogP contribution in [0.2, 0.25) is 0 Å². The molecule has 2 unspecified atom stereocenters. The summed E-state index contributed by atoms with van der Waals surface area (Å²) in [4.78, 5) is 1.12. The summed E-state index contributed by atoms with van der Waals surface area (Å²) < 4.78 is 28.5. The third kappa shape index (κ3) is 3.42. The first-order valence-electron chi connectivity index (χ1n) is 7.05. The molecule has 0 aliphatic carbocycles. The molecule has 0 amide bonds. The van der Waals surface area contributed by atoms with Crippen LogP contribution in [0.5, 0.6) is 0 Å². The van der Waals surface area contributed by atoms with Crippen LogP contribution in [0.15, 0.2) is 11.4 Å². The minimum absolute atomic E-state index is 0.436. The molecule has 20 heavy (non-hydrogen) atoms. The average Bonchev–Trinajstić information content (AvgIpc) is 2.73. The van der Waals surface area contributed by atoms with Gasteiger partial charge in [-0.3, -0.25) is 0 Å². The number of thiophene rings is 1. The Morgan fingerprint density at radius 3 is 2.45 bits per heavy atom. The number of piperidine rings is 1. The zero-order valence-corrected chi connectivity index (χ0v) is 14.3. The predicted octanol–water partition coefficient (Wildman–Crippen LogP) is 2.71. The van der Waals surface area contributed by atoms with Crippen LogP contribution in [0.1, 0.15) is 30.7 Å². The lowest BCUT2D eigenvalue weighted by molar-refractivity contribution is 0.211. The Morgan fingerprint density at radius 1 is 1.35 bits per heavy atom. The molecule has 0 bridgehead atoms. The molecule has 1 aliphatic heterocycles. The second-order valence-corrected chi connectivity index (χ2v) is 9.09. The molecule has 114 valence electrons. The molecule has 1 aromatic rings. The molecule has 1 aromatic heterocycles. The molecule has 0 aromatic carbocycles. The number of rotatable bonds is 4. The standard InChI is InChI=1S/C14H24N2O2S2/c1-11-7-12(2)9-16(8-11)20(17,18)15(4)10-14-13(3)5-6-19-14/h5-6,11-12H,7-10H2,1-4H3. The van der Waals surface area contributed by atoms with Crippen molar-refractivity contribution in [2.24, 2.45) is 11.8 Å². The summed E-state index contributed by atoms with van der Waals surface area (Å²) >= 11 is 1.62. The first-order chi connectivity index (χ1) is 9.30. The summed E-state index contributed by atoms with van der Waals surface area (Å²) in [5, 5.41) is 2.01. The fourth-order valence-corrected chi connectivity index (χ4v) is 5.45. The largest absolute Gasteiger partial charge is 0.282 e. The topological polar surface area (TPSA) is 40.6 Å². The van der Waals surface area contributed by atoms with Gasteiger partial charge in [-0.15, -0.1) is 11.3 Å².